The monoisotopic (exact) mass is 453 g/mol. The molecule has 3 aromatic rings. The van der Waals surface area contributed by atoms with Crippen molar-refractivity contribution >= 4 is 39.0 Å². The van der Waals surface area contributed by atoms with E-state index in [1.807, 2.05) is 32.0 Å². The number of carbonyl (C=O) groups is 1. The zero-order valence-corrected chi connectivity index (χ0v) is 19.3. The van der Waals surface area contributed by atoms with Crippen molar-refractivity contribution in [2.75, 3.05) is 30.4 Å². The Kier molecular flexibility index (Phi) is 5.28. The molecule has 32 heavy (non-hydrogen) atoms. The van der Waals surface area contributed by atoms with Gasteiger partial charge in [-0.05, 0) is 56.4 Å². The highest BCUT2D eigenvalue weighted by Crippen LogP contribution is 2.35. The predicted molar refractivity (Wildman–Crippen MR) is 127 cm³/mol. The van der Waals surface area contributed by atoms with Crippen LogP contribution in [0.3, 0.4) is 0 Å². The van der Waals surface area contributed by atoms with Gasteiger partial charge >= 0.3 is 0 Å². The van der Waals surface area contributed by atoms with Crippen molar-refractivity contribution in [2.24, 2.45) is 5.41 Å². The van der Waals surface area contributed by atoms with Gasteiger partial charge in [-0.3, -0.25) is 9.18 Å². The van der Waals surface area contributed by atoms with Gasteiger partial charge in [-0.25, -0.2) is 9.97 Å². The van der Waals surface area contributed by atoms with Gasteiger partial charge in [-0.1, -0.05) is 13.0 Å². The zero-order valence-electron chi connectivity index (χ0n) is 18.4. The summed E-state index contributed by atoms with van der Waals surface area (Å²) in [6.45, 7) is 5.18. The van der Waals surface area contributed by atoms with Crippen LogP contribution >= 0.6 is 11.3 Å². The Morgan fingerprint density at radius 2 is 2.19 bits per heavy atom. The molecule has 1 aliphatic carbocycles. The first-order valence-electron chi connectivity index (χ1n) is 11.1. The number of hydrogen-bond acceptors (Lipinski definition) is 6. The van der Waals surface area contributed by atoms with Crippen LogP contribution in [0.1, 0.15) is 46.4 Å². The molecular formula is C24H28FN5OS. The number of fused-ring (bicyclic) bond motifs is 2. The summed E-state index contributed by atoms with van der Waals surface area (Å²) < 4.78 is 13.3. The molecule has 2 aliphatic rings. The molecule has 168 valence electrons. The molecule has 1 fully saturated rings. The highest BCUT2D eigenvalue weighted by molar-refractivity contribution is 7.21. The van der Waals surface area contributed by atoms with Crippen molar-refractivity contribution in [3.63, 3.8) is 0 Å². The van der Waals surface area contributed by atoms with E-state index in [4.69, 9.17) is 10.7 Å². The standard InChI is InChI=1S/C24H28FN5OS/c1-14-3-6-17-20(26)21(32-23(17)27-14)22(31)28-16-5-7-18-15(11-16)4-8-19(29-18)30-10-9-24(2,12-25)13-30/h3-4,6,8,16H,5,7,9-13,26H2,1-2H3,(H,28,31)/t16-,24-/m0/s1. The topological polar surface area (TPSA) is 84.1 Å². The third-order valence-electron chi connectivity index (χ3n) is 6.73. The van der Waals surface area contributed by atoms with Gasteiger partial charge in [0.25, 0.3) is 5.91 Å². The van der Waals surface area contributed by atoms with Crippen molar-refractivity contribution in [1.29, 1.82) is 0 Å². The van der Waals surface area contributed by atoms with Crippen LogP contribution in [-0.2, 0) is 12.8 Å². The number of hydrogen-bond donors (Lipinski definition) is 2. The van der Waals surface area contributed by atoms with Crippen molar-refractivity contribution < 1.29 is 9.18 Å². The van der Waals surface area contributed by atoms with Gasteiger partial charge in [0.1, 0.15) is 15.5 Å². The fourth-order valence-electron chi connectivity index (χ4n) is 4.74. The van der Waals surface area contributed by atoms with Crippen molar-refractivity contribution in [1.82, 2.24) is 15.3 Å². The summed E-state index contributed by atoms with van der Waals surface area (Å²) in [5, 5.41) is 4.00. The average Bonchev–Trinajstić information content (AvgIpc) is 3.34. The molecule has 0 bridgehead atoms. The molecule has 3 N–H and O–H groups in total. The molecule has 1 saturated heterocycles. The van der Waals surface area contributed by atoms with Gasteiger partial charge in [0.05, 0.1) is 12.4 Å². The number of halogens is 1. The summed E-state index contributed by atoms with van der Waals surface area (Å²) in [4.78, 5) is 25.8. The van der Waals surface area contributed by atoms with Crippen LogP contribution in [0.15, 0.2) is 24.3 Å². The van der Waals surface area contributed by atoms with E-state index < -0.39 is 0 Å². The van der Waals surface area contributed by atoms with Crippen molar-refractivity contribution in [2.45, 2.75) is 45.6 Å². The van der Waals surface area contributed by atoms with Crippen molar-refractivity contribution in [3.05, 3.63) is 46.1 Å². The van der Waals surface area contributed by atoms with Gasteiger partial charge in [0.15, 0.2) is 0 Å². The van der Waals surface area contributed by atoms with E-state index in [1.165, 1.54) is 16.9 Å². The van der Waals surface area contributed by atoms with Crippen LogP contribution in [0, 0.1) is 12.3 Å². The van der Waals surface area contributed by atoms with Crippen molar-refractivity contribution in [3.8, 4) is 0 Å². The van der Waals surface area contributed by atoms with Crippen LogP contribution in [0.4, 0.5) is 15.9 Å². The first-order valence-corrected chi connectivity index (χ1v) is 11.9. The number of nitrogens with two attached hydrogens (primary N) is 1. The molecule has 1 aliphatic heterocycles. The number of alkyl halides is 1. The van der Waals surface area contributed by atoms with Gasteiger partial charge in [0, 0.05) is 41.3 Å². The second-order valence-electron chi connectivity index (χ2n) is 9.45. The number of rotatable bonds is 4. The maximum Gasteiger partial charge on any atom is 0.263 e. The highest BCUT2D eigenvalue weighted by atomic mass is 32.1. The molecule has 3 aromatic heterocycles. The molecule has 6 nitrogen and oxygen atoms in total. The number of aryl methyl sites for hydroxylation is 2. The first kappa shape index (κ1) is 21.1. The van der Waals surface area contributed by atoms with E-state index in [0.29, 0.717) is 17.1 Å². The minimum absolute atomic E-state index is 0.0450. The molecule has 4 heterocycles. The number of pyridine rings is 2. The molecule has 0 saturated carbocycles. The summed E-state index contributed by atoms with van der Waals surface area (Å²) in [6.07, 6.45) is 3.25. The molecule has 5 rings (SSSR count). The number of nitrogens with zero attached hydrogens (tertiary/aromatic N) is 3. The molecule has 1 amide bonds. The van der Waals surface area contributed by atoms with E-state index in [1.54, 1.807) is 0 Å². The lowest BCUT2D eigenvalue weighted by molar-refractivity contribution is 0.0938. The Morgan fingerprint density at radius 1 is 1.34 bits per heavy atom. The SMILES string of the molecule is Cc1ccc2c(N)c(C(=O)N[C@H]3CCc4nc(N5CC[C@@](C)(CF)C5)ccc4C3)sc2n1. The van der Waals surface area contributed by atoms with Gasteiger partial charge < -0.3 is 16.0 Å². The highest BCUT2D eigenvalue weighted by Gasteiger charge is 2.35. The van der Waals surface area contributed by atoms with E-state index in [-0.39, 0.29) is 24.0 Å². The summed E-state index contributed by atoms with van der Waals surface area (Å²) in [5.74, 6) is 0.799. The second kappa shape index (κ2) is 7.99. The maximum absolute atomic E-state index is 13.3. The predicted octanol–water partition coefficient (Wildman–Crippen LogP) is 4.06. The Balaban J connectivity index is 1.28. The Bertz CT molecular complexity index is 1190. The van der Waals surface area contributed by atoms with E-state index in [0.717, 1.165) is 59.7 Å². The summed E-state index contributed by atoms with van der Waals surface area (Å²) in [5.41, 5.74) is 9.64. The van der Waals surface area contributed by atoms with Crippen LogP contribution < -0.4 is 16.0 Å². The van der Waals surface area contributed by atoms with Gasteiger partial charge in [-0.15, -0.1) is 11.3 Å². The smallest absolute Gasteiger partial charge is 0.263 e. The fraction of sp³-hybridized carbons (Fsp3) is 0.458. The lowest BCUT2D eigenvalue weighted by Crippen LogP contribution is -2.39. The van der Waals surface area contributed by atoms with Gasteiger partial charge in [-0.2, -0.15) is 0 Å². The molecule has 0 radical (unpaired) electrons. The lowest BCUT2D eigenvalue weighted by Gasteiger charge is -2.27. The number of nitrogens with one attached hydrogen (secondary N) is 1. The van der Waals surface area contributed by atoms with Gasteiger partial charge in [0.2, 0.25) is 0 Å². The number of nitrogen functional groups attached to an aromatic ring is 1. The quantitative estimate of drug-likeness (QED) is 0.623. The Labute approximate surface area is 191 Å². The third-order valence-corrected chi connectivity index (χ3v) is 7.84. The largest absolute Gasteiger partial charge is 0.397 e. The fourth-order valence-corrected chi connectivity index (χ4v) is 5.78. The van der Waals surface area contributed by atoms with E-state index >= 15 is 0 Å². The molecule has 2 atom stereocenters. The first-order chi connectivity index (χ1) is 15.3. The lowest BCUT2D eigenvalue weighted by atomic mass is 9.91. The molecular weight excluding hydrogens is 425 g/mol. The van der Waals surface area contributed by atoms with Crippen LogP contribution in [0.2, 0.25) is 0 Å². The second-order valence-corrected chi connectivity index (χ2v) is 10.5. The average molecular weight is 454 g/mol. The molecule has 8 heteroatoms. The molecule has 0 unspecified atom stereocenters. The van der Waals surface area contributed by atoms with Crippen LogP contribution in [0.25, 0.3) is 10.2 Å². The molecule has 0 aromatic carbocycles. The number of aromatic nitrogens is 2. The van der Waals surface area contributed by atoms with Crippen LogP contribution in [-0.4, -0.2) is 41.7 Å². The number of thiophene rings is 1. The summed E-state index contributed by atoms with van der Waals surface area (Å²) in [7, 11) is 0. The van der Waals surface area contributed by atoms with E-state index in [2.05, 4.69) is 21.3 Å². The normalized spacial score (nSPS) is 22.8. The number of anilines is 2. The minimum Gasteiger partial charge on any atom is -0.397 e. The molecule has 0 spiro atoms. The minimum atomic E-state index is -0.296. The van der Waals surface area contributed by atoms with E-state index in [9.17, 15) is 9.18 Å². The Morgan fingerprint density at radius 3 is 2.97 bits per heavy atom. The Hall–Kier alpha value is -2.74. The number of carbonyl (C=O) groups excluding carboxylic acids is 1. The third kappa shape index (κ3) is 3.81. The summed E-state index contributed by atoms with van der Waals surface area (Å²) >= 11 is 1.35. The zero-order chi connectivity index (χ0) is 22.5. The number of amides is 1. The maximum atomic E-state index is 13.3. The summed E-state index contributed by atoms with van der Waals surface area (Å²) in [6, 6.07) is 8.03. The van der Waals surface area contributed by atoms with Crippen LogP contribution in [0.5, 0.6) is 0 Å².